The number of rotatable bonds is 6. The van der Waals surface area contributed by atoms with Gasteiger partial charge in [0.05, 0.1) is 18.6 Å². The van der Waals surface area contributed by atoms with Crippen LogP contribution in [0, 0.1) is 0 Å². The number of benzene rings is 1. The molecule has 5 nitrogen and oxygen atoms in total. The molecule has 0 unspecified atom stereocenters. The van der Waals surface area contributed by atoms with E-state index in [0.29, 0.717) is 16.5 Å². The van der Waals surface area contributed by atoms with E-state index >= 15 is 0 Å². The Labute approximate surface area is 135 Å². The summed E-state index contributed by atoms with van der Waals surface area (Å²) in [7, 11) is 0. The Morgan fingerprint density at radius 1 is 1.50 bits per heavy atom. The Balaban J connectivity index is 2.19. The van der Waals surface area contributed by atoms with Crippen LogP contribution in [-0.2, 0) is 4.79 Å². The van der Waals surface area contributed by atoms with E-state index in [1.165, 1.54) is 36.2 Å². The highest BCUT2D eigenvalue weighted by Gasteiger charge is 2.26. The predicted octanol–water partition coefficient (Wildman–Crippen LogP) is 2.88. The number of ether oxygens (including phenoxy) is 2. The van der Waals surface area contributed by atoms with E-state index in [4.69, 9.17) is 17.0 Å². The molecule has 1 aliphatic rings. The maximum atomic E-state index is 12.3. The Hall–Kier alpha value is -1.74. The van der Waals surface area contributed by atoms with Crippen molar-refractivity contribution in [1.82, 2.24) is 5.01 Å². The van der Waals surface area contributed by atoms with Crippen LogP contribution in [0.2, 0.25) is 0 Å². The molecule has 22 heavy (non-hydrogen) atoms. The third-order valence-electron chi connectivity index (χ3n) is 2.53. The molecule has 0 N–H and O–H groups in total. The molecule has 1 aromatic carbocycles. The lowest BCUT2D eigenvalue weighted by Crippen LogP contribution is -2.22. The molecule has 118 valence electrons. The fourth-order valence-electron chi connectivity index (χ4n) is 1.65. The third kappa shape index (κ3) is 4.14. The Bertz CT molecular complexity index is 595. The fraction of sp³-hybridized carbons (Fsp3) is 0.308. The maximum Gasteiger partial charge on any atom is 0.387 e. The van der Waals surface area contributed by atoms with Gasteiger partial charge in [0.1, 0.15) is 0 Å². The number of alkyl halides is 2. The smallest absolute Gasteiger partial charge is 0.387 e. The van der Waals surface area contributed by atoms with Gasteiger partial charge in [-0.2, -0.15) is 18.9 Å². The van der Waals surface area contributed by atoms with Crippen molar-refractivity contribution in [2.75, 3.05) is 12.4 Å². The van der Waals surface area contributed by atoms with Crippen LogP contribution in [0.5, 0.6) is 11.5 Å². The third-order valence-corrected chi connectivity index (χ3v) is 3.87. The first-order valence-corrected chi connectivity index (χ1v) is 7.66. The van der Waals surface area contributed by atoms with Crippen molar-refractivity contribution >= 4 is 40.4 Å². The summed E-state index contributed by atoms with van der Waals surface area (Å²) in [6.45, 7) is -0.910. The predicted molar refractivity (Wildman–Crippen MR) is 83.7 cm³/mol. The van der Waals surface area contributed by atoms with E-state index in [1.807, 2.05) is 0 Å². The number of nitrogens with zero attached hydrogens (tertiary/aromatic N) is 2. The summed E-state index contributed by atoms with van der Waals surface area (Å²) in [5.41, 5.74) is 0.567. The van der Waals surface area contributed by atoms with Crippen LogP contribution >= 0.6 is 24.0 Å². The van der Waals surface area contributed by atoms with E-state index in [-0.39, 0.29) is 23.2 Å². The van der Waals surface area contributed by atoms with Crippen molar-refractivity contribution < 1.29 is 23.0 Å². The van der Waals surface area contributed by atoms with E-state index in [0.717, 1.165) is 5.01 Å². The zero-order chi connectivity index (χ0) is 16.1. The van der Waals surface area contributed by atoms with Gasteiger partial charge in [0.15, 0.2) is 15.8 Å². The molecule has 0 bridgehead atoms. The number of carbonyl (C=O) groups is 1. The van der Waals surface area contributed by atoms with Crippen molar-refractivity contribution in [3.8, 4) is 11.5 Å². The zero-order valence-electron chi connectivity index (χ0n) is 11.5. The largest absolute Gasteiger partial charge is 0.490 e. The van der Waals surface area contributed by atoms with Gasteiger partial charge in [-0.15, -0.1) is 0 Å². The molecule has 0 aliphatic carbocycles. The van der Waals surface area contributed by atoms with Crippen LogP contribution in [0.1, 0.15) is 12.5 Å². The molecule has 1 aromatic rings. The summed E-state index contributed by atoms with van der Waals surface area (Å²) >= 11 is 6.23. The van der Waals surface area contributed by atoms with Gasteiger partial charge in [-0.3, -0.25) is 4.79 Å². The number of thiocarbonyl (C=S) groups is 1. The Morgan fingerprint density at radius 3 is 2.86 bits per heavy atom. The van der Waals surface area contributed by atoms with Gasteiger partial charge in [-0.1, -0.05) is 24.0 Å². The monoisotopic (exact) mass is 346 g/mol. The first-order valence-electron chi connectivity index (χ1n) is 6.26. The highest BCUT2D eigenvalue weighted by atomic mass is 32.2. The second-order valence-electron chi connectivity index (χ2n) is 4.02. The number of halogens is 2. The molecule has 9 heteroatoms. The van der Waals surface area contributed by atoms with E-state index in [2.05, 4.69) is 9.84 Å². The molecule has 0 aromatic heterocycles. The van der Waals surface area contributed by atoms with Gasteiger partial charge < -0.3 is 9.47 Å². The molecule has 1 aliphatic heterocycles. The molecule has 0 radical (unpaired) electrons. The first-order chi connectivity index (χ1) is 10.5. The lowest BCUT2D eigenvalue weighted by Gasteiger charge is -2.12. The Kier molecular flexibility index (Phi) is 5.67. The summed E-state index contributed by atoms with van der Waals surface area (Å²) in [5, 5.41) is 5.13. The molecule has 1 heterocycles. The second-order valence-corrected chi connectivity index (χ2v) is 5.63. The maximum absolute atomic E-state index is 12.3. The van der Waals surface area contributed by atoms with Crippen molar-refractivity contribution in [2.45, 2.75) is 13.5 Å². The number of carbonyl (C=O) groups excluding carboxylic acids is 1. The molecule has 1 saturated heterocycles. The SMILES string of the molecule is CCOc1cc(/C=N\N2C(=O)CSC2=S)ccc1OC(F)F. The normalized spacial score (nSPS) is 15.2. The van der Waals surface area contributed by atoms with Crippen LogP contribution in [0.3, 0.4) is 0 Å². The van der Waals surface area contributed by atoms with Crippen LogP contribution < -0.4 is 9.47 Å². The van der Waals surface area contributed by atoms with Crippen molar-refractivity contribution in [3.63, 3.8) is 0 Å². The minimum absolute atomic E-state index is 0.0580. The van der Waals surface area contributed by atoms with Crippen LogP contribution in [0.25, 0.3) is 0 Å². The van der Waals surface area contributed by atoms with E-state index in [1.54, 1.807) is 6.92 Å². The van der Waals surface area contributed by atoms with Crippen LogP contribution in [0.4, 0.5) is 8.78 Å². The van der Waals surface area contributed by atoms with Gasteiger partial charge in [-0.25, -0.2) is 0 Å². The lowest BCUT2D eigenvalue weighted by atomic mass is 10.2. The van der Waals surface area contributed by atoms with Gasteiger partial charge in [-0.05, 0) is 30.7 Å². The number of thioether (sulfide) groups is 1. The fourth-order valence-corrected chi connectivity index (χ4v) is 2.62. The molecule has 1 fully saturated rings. The average molecular weight is 346 g/mol. The molecule has 0 atom stereocenters. The summed E-state index contributed by atoms with van der Waals surface area (Å²) in [4.78, 5) is 11.5. The molecular formula is C13H12F2N2O3S2. The van der Waals surface area contributed by atoms with Crippen LogP contribution in [0.15, 0.2) is 23.3 Å². The summed E-state index contributed by atoms with van der Waals surface area (Å²) in [6.07, 6.45) is 1.41. The molecular weight excluding hydrogens is 334 g/mol. The van der Waals surface area contributed by atoms with Gasteiger partial charge in [0, 0.05) is 0 Å². The molecule has 0 saturated carbocycles. The quantitative estimate of drug-likeness (QED) is 0.586. The van der Waals surface area contributed by atoms with Gasteiger partial charge >= 0.3 is 6.61 Å². The van der Waals surface area contributed by atoms with Crippen molar-refractivity contribution in [3.05, 3.63) is 23.8 Å². The van der Waals surface area contributed by atoms with E-state index in [9.17, 15) is 13.6 Å². The summed E-state index contributed by atoms with van der Waals surface area (Å²) < 4.78 is 34.6. The molecule has 1 amide bonds. The van der Waals surface area contributed by atoms with E-state index < -0.39 is 6.61 Å². The topological polar surface area (TPSA) is 51.1 Å². The van der Waals surface area contributed by atoms with Crippen molar-refractivity contribution in [2.24, 2.45) is 5.10 Å². The average Bonchev–Trinajstić information content (AvgIpc) is 2.78. The van der Waals surface area contributed by atoms with Crippen molar-refractivity contribution in [1.29, 1.82) is 0 Å². The second kappa shape index (κ2) is 7.50. The number of hydrogen-bond acceptors (Lipinski definition) is 6. The number of hydrazone groups is 1. The lowest BCUT2D eigenvalue weighted by molar-refractivity contribution is -0.124. The minimum atomic E-state index is -2.93. The number of hydrogen-bond donors (Lipinski definition) is 0. The molecule has 0 spiro atoms. The van der Waals surface area contributed by atoms with Gasteiger partial charge in [0.2, 0.25) is 0 Å². The highest BCUT2D eigenvalue weighted by molar-refractivity contribution is 8.23. The summed E-state index contributed by atoms with van der Waals surface area (Å²) in [6, 6.07) is 4.39. The summed E-state index contributed by atoms with van der Waals surface area (Å²) in [5.74, 6) is 0.185. The first kappa shape index (κ1) is 16.6. The standard InChI is InChI=1S/C13H12F2N2O3S2/c1-2-19-10-5-8(3-4-9(10)20-12(14)15)6-16-17-11(18)7-22-13(17)21/h3-6,12H,2,7H2,1H3/b16-6-. The van der Waals surface area contributed by atoms with Gasteiger partial charge in [0.25, 0.3) is 5.91 Å². The minimum Gasteiger partial charge on any atom is -0.490 e. The zero-order valence-corrected chi connectivity index (χ0v) is 13.1. The van der Waals surface area contributed by atoms with Crippen LogP contribution in [-0.4, -0.2) is 40.4 Å². The highest BCUT2D eigenvalue weighted by Crippen LogP contribution is 2.29. The number of amides is 1. The Morgan fingerprint density at radius 2 is 2.27 bits per heavy atom. The molecule has 2 rings (SSSR count).